The molecule has 0 aromatic carbocycles. The molecule has 4 heteroatoms. The van der Waals surface area contributed by atoms with Gasteiger partial charge in [0.15, 0.2) is 0 Å². The summed E-state index contributed by atoms with van der Waals surface area (Å²) in [5.74, 6) is 0. The van der Waals surface area contributed by atoms with Gasteiger partial charge in [-0.15, -0.1) is 0 Å². The molecule has 1 atom stereocenters. The van der Waals surface area contributed by atoms with Crippen LogP contribution in [0.15, 0.2) is 18.5 Å². The Labute approximate surface area is 102 Å². The van der Waals surface area contributed by atoms with Crippen molar-refractivity contribution in [3.05, 3.63) is 24.0 Å². The summed E-state index contributed by atoms with van der Waals surface area (Å²) in [6, 6.07) is 1.94. The molecule has 0 bridgehead atoms. The molecule has 0 saturated carbocycles. The van der Waals surface area contributed by atoms with Crippen molar-refractivity contribution >= 4 is 5.69 Å². The molecule has 0 aliphatic carbocycles. The van der Waals surface area contributed by atoms with Crippen molar-refractivity contribution in [3.8, 4) is 0 Å². The van der Waals surface area contributed by atoms with E-state index < -0.39 is 0 Å². The lowest BCUT2D eigenvalue weighted by Gasteiger charge is -2.29. The zero-order valence-electron chi connectivity index (χ0n) is 10.3. The number of rotatable bonds is 4. The predicted octanol–water partition coefficient (Wildman–Crippen LogP) is 1.58. The van der Waals surface area contributed by atoms with Gasteiger partial charge in [-0.2, -0.15) is 0 Å². The van der Waals surface area contributed by atoms with E-state index in [1.54, 1.807) is 12.4 Å². The zero-order chi connectivity index (χ0) is 12.1. The second-order valence-corrected chi connectivity index (χ2v) is 4.53. The van der Waals surface area contributed by atoms with E-state index >= 15 is 0 Å². The molecule has 1 aromatic rings. The Morgan fingerprint density at radius 2 is 2.41 bits per heavy atom. The number of hydrogen-bond donors (Lipinski definition) is 1. The Balaban J connectivity index is 2.00. The number of aliphatic hydroxyl groups is 1. The molecule has 1 aliphatic rings. The highest BCUT2D eigenvalue weighted by molar-refractivity contribution is 5.51. The molecule has 2 heterocycles. The average molecular weight is 236 g/mol. The molecule has 1 unspecified atom stereocenters. The Morgan fingerprint density at radius 1 is 1.53 bits per heavy atom. The summed E-state index contributed by atoms with van der Waals surface area (Å²) < 4.78 is 5.72. The average Bonchev–Trinajstić information content (AvgIpc) is 2.40. The Bertz CT molecular complexity index is 351. The van der Waals surface area contributed by atoms with E-state index in [0.29, 0.717) is 6.10 Å². The largest absolute Gasteiger partial charge is 0.392 e. The van der Waals surface area contributed by atoms with Crippen LogP contribution in [0.5, 0.6) is 0 Å². The van der Waals surface area contributed by atoms with Crippen LogP contribution in [0.25, 0.3) is 0 Å². The highest BCUT2D eigenvalue weighted by Crippen LogP contribution is 2.20. The lowest BCUT2D eigenvalue weighted by Crippen LogP contribution is -2.33. The molecular formula is C13H20N2O2. The number of ether oxygens (including phenoxy) is 1. The fraction of sp³-hybridized carbons (Fsp3) is 0.615. The summed E-state index contributed by atoms with van der Waals surface area (Å²) in [5, 5.41) is 9.28. The summed E-state index contributed by atoms with van der Waals surface area (Å²) in [6.45, 7) is 1.78. The molecule has 0 amide bonds. The van der Waals surface area contributed by atoms with Crippen molar-refractivity contribution in [2.45, 2.75) is 32.0 Å². The third-order valence-electron chi connectivity index (χ3n) is 3.21. The summed E-state index contributed by atoms with van der Waals surface area (Å²) in [5.41, 5.74) is 1.91. The normalized spacial score (nSPS) is 20.2. The standard InChI is InChI=1S/C13H20N2O2/c1-15(9-12-4-2-3-7-17-12)13-5-6-14-8-11(13)10-16/h5-6,8,12,16H,2-4,7,9-10H2,1H3. The van der Waals surface area contributed by atoms with Gasteiger partial charge in [-0.05, 0) is 25.3 Å². The number of nitrogens with zero attached hydrogens (tertiary/aromatic N) is 2. The van der Waals surface area contributed by atoms with Crippen LogP contribution in [0, 0.1) is 0 Å². The van der Waals surface area contributed by atoms with Gasteiger partial charge in [-0.3, -0.25) is 4.98 Å². The zero-order valence-corrected chi connectivity index (χ0v) is 10.3. The van der Waals surface area contributed by atoms with Gasteiger partial charge in [0.1, 0.15) is 0 Å². The number of aliphatic hydroxyl groups excluding tert-OH is 1. The lowest BCUT2D eigenvalue weighted by atomic mass is 10.1. The number of hydrogen-bond acceptors (Lipinski definition) is 4. The van der Waals surface area contributed by atoms with E-state index in [1.807, 2.05) is 13.1 Å². The van der Waals surface area contributed by atoms with Gasteiger partial charge < -0.3 is 14.7 Å². The van der Waals surface area contributed by atoms with Crippen molar-refractivity contribution < 1.29 is 9.84 Å². The molecule has 1 N–H and O–H groups in total. The summed E-state index contributed by atoms with van der Waals surface area (Å²) >= 11 is 0. The van der Waals surface area contributed by atoms with Crippen molar-refractivity contribution in [1.82, 2.24) is 4.98 Å². The minimum atomic E-state index is 0.0268. The van der Waals surface area contributed by atoms with Crippen LogP contribution in [-0.2, 0) is 11.3 Å². The van der Waals surface area contributed by atoms with Crippen molar-refractivity contribution in [1.29, 1.82) is 0 Å². The van der Waals surface area contributed by atoms with Crippen LogP contribution in [0.2, 0.25) is 0 Å². The maximum absolute atomic E-state index is 9.28. The first-order valence-corrected chi connectivity index (χ1v) is 6.17. The van der Waals surface area contributed by atoms with Crippen LogP contribution in [-0.4, -0.2) is 36.4 Å². The van der Waals surface area contributed by atoms with E-state index in [2.05, 4.69) is 9.88 Å². The summed E-state index contributed by atoms with van der Waals surface area (Å²) in [6.07, 6.45) is 7.34. The third-order valence-corrected chi connectivity index (χ3v) is 3.21. The van der Waals surface area contributed by atoms with Gasteiger partial charge in [0, 0.05) is 43.8 Å². The Morgan fingerprint density at radius 3 is 3.12 bits per heavy atom. The highest BCUT2D eigenvalue weighted by atomic mass is 16.5. The first-order valence-electron chi connectivity index (χ1n) is 6.17. The van der Waals surface area contributed by atoms with Gasteiger partial charge in [0.2, 0.25) is 0 Å². The SMILES string of the molecule is CN(CC1CCCCO1)c1ccncc1CO. The molecule has 0 radical (unpaired) electrons. The minimum Gasteiger partial charge on any atom is -0.392 e. The highest BCUT2D eigenvalue weighted by Gasteiger charge is 2.17. The fourth-order valence-electron chi connectivity index (χ4n) is 2.27. The van der Waals surface area contributed by atoms with Crippen LogP contribution >= 0.6 is 0 Å². The van der Waals surface area contributed by atoms with Gasteiger partial charge in [0.25, 0.3) is 0 Å². The quantitative estimate of drug-likeness (QED) is 0.862. The van der Waals surface area contributed by atoms with Crippen molar-refractivity contribution in [2.75, 3.05) is 25.1 Å². The first-order chi connectivity index (χ1) is 8.31. The molecule has 17 heavy (non-hydrogen) atoms. The molecule has 94 valence electrons. The number of aromatic nitrogens is 1. The first kappa shape index (κ1) is 12.3. The molecule has 1 fully saturated rings. The van der Waals surface area contributed by atoms with Crippen molar-refractivity contribution in [2.24, 2.45) is 0 Å². The van der Waals surface area contributed by atoms with Crippen LogP contribution < -0.4 is 4.90 Å². The molecule has 1 aliphatic heterocycles. The fourth-order valence-corrected chi connectivity index (χ4v) is 2.27. The van der Waals surface area contributed by atoms with E-state index in [1.165, 1.54) is 12.8 Å². The second kappa shape index (κ2) is 5.98. The summed E-state index contributed by atoms with van der Waals surface area (Å²) in [7, 11) is 2.03. The third kappa shape index (κ3) is 3.17. The minimum absolute atomic E-state index is 0.0268. The Hall–Kier alpha value is -1.13. The molecule has 4 nitrogen and oxygen atoms in total. The number of pyridine rings is 1. The van der Waals surface area contributed by atoms with E-state index in [0.717, 1.165) is 30.8 Å². The van der Waals surface area contributed by atoms with E-state index in [9.17, 15) is 5.11 Å². The number of likely N-dealkylation sites (N-methyl/N-ethyl adjacent to an activating group) is 1. The van der Waals surface area contributed by atoms with Crippen LogP contribution in [0.4, 0.5) is 5.69 Å². The monoisotopic (exact) mass is 236 g/mol. The van der Waals surface area contributed by atoms with Crippen LogP contribution in [0.1, 0.15) is 24.8 Å². The van der Waals surface area contributed by atoms with Gasteiger partial charge in [-0.25, -0.2) is 0 Å². The molecule has 1 aromatic heterocycles. The molecule has 1 saturated heterocycles. The van der Waals surface area contributed by atoms with Gasteiger partial charge >= 0.3 is 0 Å². The van der Waals surface area contributed by atoms with Crippen molar-refractivity contribution in [3.63, 3.8) is 0 Å². The maximum Gasteiger partial charge on any atom is 0.0749 e. The second-order valence-electron chi connectivity index (χ2n) is 4.53. The van der Waals surface area contributed by atoms with Gasteiger partial charge in [0.05, 0.1) is 12.7 Å². The van der Waals surface area contributed by atoms with E-state index in [4.69, 9.17) is 4.74 Å². The predicted molar refractivity (Wildman–Crippen MR) is 67.0 cm³/mol. The van der Waals surface area contributed by atoms with E-state index in [-0.39, 0.29) is 6.61 Å². The topological polar surface area (TPSA) is 45.6 Å². The van der Waals surface area contributed by atoms with Crippen LogP contribution in [0.3, 0.4) is 0 Å². The molecule has 2 rings (SSSR count). The maximum atomic E-state index is 9.28. The molecule has 0 spiro atoms. The molecular weight excluding hydrogens is 216 g/mol. The summed E-state index contributed by atoms with van der Waals surface area (Å²) in [4.78, 5) is 6.17. The smallest absolute Gasteiger partial charge is 0.0749 e. The van der Waals surface area contributed by atoms with Gasteiger partial charge in [-0.1, -0.05) is 0 Å². The number of anilines is 1. The Kier molecular flexibility index (Phi) is 4.34. The lowest BCUT2D eigenvalue weighted by molar-refractivity contribution is 0.0216.